The van der Waals surface area contributed by atoms with E-state index in [9.17, 15) is 4.79 Å². The molecule has 0 fully saturated rings. The number of nitrogens with one attached hydrogen (secondary N) is 1. The van der Waals surface area contributed by atoms with Crippen molar-refractivity contribution in [3.05, 3.63) is 42.0 Å². The number of carbonyl (C=O) groups excluding carboxylic acids is 1. The van der Waals surface area contributed by atoms with Crippen molar-refractivity contribution in [2.75, 3.05) is 5.32 Å². The Morgan fingerprint density at radius 2 is 2.00 bits per heavy atom. The lowest BCUT2D eigenvalue weighted by Gasteiger charge is -2.05. The molecule has 0 atom stereocenters. The zero-order valence-electron chi connectivity index (χ0n) is 10.6. The lowest BCUT2D eigenvalue weighted by Crippen LogP contribution is -2.11. The van der Waals surface area contributed by atoms with E-state index in [4.69, 9.17) is 0 Å². The Hall–Kier alpha value is -1.57. The van der Waals surface area contributed by atoms with Gasteiger partial charge in [-0.05, 0) is 31.0 Å². The number of aryl methyl sites for hydroxylation is 1. The predicted octanol–water partition coefficient (Wildman–Crippen LogP) is 3.79. The van der Waals surface area contributed by atoms with Crippen LogP contribution in [-0.4, -0.2) is 5.91 Å². The lowest BCUT2D eigenvalue weighted by atomic mass is 10.1. The van der Waals surface area contributed by atoms with Crippen LogP contribution in [0.5, 0.6) is 0 Å². The molecule has 0 bridgehead atoms. The third kappa shape index (κ3) is 4.78. The summed E-state index contributed by atoms with van der Waals surface area (Å²) in [5.41, 5.74) is 2.56. The summed E-state index contributed by atoms with van der Waals surface area (Å²) in [5.74, 6) is -0.127. The van der Waals surface area contributed by atoms with Gasteiger partial charge in [0.25, 0.3) is 5.91 Å². The monoisotopic (exact) mass is 219 g/mol. The van der Waals surface area contributed by atoms with E-state index in [2.05, 4.69) is 18.8 Å². The smallest absolute Gasteiger partial charge is 0.250 e. The molecule has 1 aromatic carbocycles. The van der Waals surface area contributed by atoms with Gasteiger partial charge in [-0.1, -0.05) is 39.5 Å². The Labute approximate surface area is 98.4 Å². The van der Waals surface area contributed by atoms with Crippen LogP contribution in [0.2, 0.25) is 0 Å². The number of rotatable bonds is 3. The summed E-state index contributed by atoms with van der Waals surface area (Å²) in [4.78, 5) is 11.3. The van der Waals surface area contributed by atoms with Crippen LogP contribution in [0.25, 0.3) is 0 Å². The molecule has 0 saturated carbocycles. The Kier molecular flexibility index (Phi) is 6.93. The number of anilines is 1. The van der Waals surface area contributed by atoms with Gasteiger partial charge >= 0.3 is 0 Å². The highest BCUT2D eigenvalue weighted by Crippen LogP contribution is 2.11. The molecule has 2 nitrogen and oxygen atoms in total. The van der Waals surface area contributed by atoms with Crippen LogP contribution in [0, 0.1) is 0 Å². The molecule has 0 saturated heterocycles. The van der Waals surface area contributed by atoms with Crippen LogP contribution in [-0.2, 0) is 11.2 Å². The topological polar surface area (TPSA) is 29.1 Å². The molecule has 0 aliphatic rings. The van der Waals surface area contributed by atoms with Crippen LogP contribution < -0.4 is 5.32 Å². The van der Waals surface area contributed by atoms with E-state index in [0.29, 0.717) is 5.57 Å². The standard InChI is InChI=1S/C12H15NO.C2H6/c1-4-10-6-5-7-11(8-10)13-12(14)9(2)3;1-2/h5-8H,2,4H2,1,3H3,(H,13,14);1-2H3. The van der Waals surface area contributed by atoms with Gasteiger partial charge < -0.3 is 5.32 Å². The van der Waals surface area contributed by atoms with Gasteiger partial charge in [0.2, 0.25) is 0 Å². The summed E-state index contributed by atoms with van der Waals surface area (Å²) in [7, 11) is 0. The van der Waals surface area contributed by atoms with Crippen molar-refractivity contribution >= 4 is 11.6 Å². The molecule has 0 unspecified atom stereocenters. The SMILES string of the molecule is C=C(C)C(=O)Nc1cccc(CC)c1.CC. The minimum absolute atomic E-state index is 0.127. The summed E-state index contributed by atoms with van der Waals surface area (Å²) in [5, 5.41) is 2.78. The van der Waals surface area contributed by atoms with Crippen molar-refractivity contribution < 1.29 is 4.79 Å². The Balaban J connectivity index is 0.00000106. The molecule has 0 aliphatic heterocycles. The first-order chi connectivity index (χ1) is 7.63. The summed E-state index contributed by atoms with van der Waals surface area (Å²) in [6.07, 6.45) is 0.969. The Bertz CT molecular complexity index is 356. The fraction of sp³-hybridized carbons (Fsp3) is 0.357. The van der Waals surface area contributed by atoms with Gasteiger partial charge in [0.15, 0.2) is 0 Å². The average molecular weight is 219 g/mol. The highest BCUT2D eigenvalue weighted by atomic mass is 16.1. The van der Waals surface area contributed by atoms with Crippen LogP contribution in [0.4, 0.5) is 5.69 Å². The normalized spacial score (nSPS) is 8.75. The number of hydrogen-bond acceptors (Lipinski definition) is 1. The summed E-state index contributed by atoms with van der Waals surface area (Å²) >= 11 is 0. The van der Waals surface area contributed by atoms with Crippen molar-refractivity contribution in [1.29, 1.82) is 0 Å². The lowest BCUT2D eigenvalue weighted by molar-refractivity contribution is -0.112. The molecule has 0 heterocycles. The van der Waals surface area contributed by atoms with Crippen LogP contribution >= 0.6 is 0 Å². The molecule has 2 heteroatoms. The van der Waals surface area contributed by atoms with Crippen molar-refractivity contribution in [2.24, 2.45) is 0 Å². The third-order valence-electron chi connectivity index (χ3n) is 1.98. The van der Waals surface area contributed by atoms with E-state index < -0.39 is 0 Å². The van der Waals surface area contributed by atoms with Gasteiger partial charge in [0, 0.05) is 11.3 Å². The fourth-order valence-corrected chi connectivity index (χ4v) is 1.11. The molecule has 0 spiro atoms. The highest BCUT2D eigenvalue weighted by Gasteiger charge is 2.01. The van der Waals surface area contributed by atoms with E-state index in [0.717, 1.165) is 12.1 Å². The van der Waals surface area contributed by atoms with Gasteiger partial charge in [-0.3, -0.25) is 4.79 Å². The second-order valence-electron chi connectivity index (χ2n) is 3.29. The van der Waals surface area contributed by atoms with Crippen molar-refractivity contribution in [3.63, 3.8) is 0 Å². The number of carbonyl (C=O) groups is 1. The number of amides is 1. The largest absolute Gasteiger partial charge is 0.322 e. The Morgan fingerprint density at radius 3 is 2.50 bits per heavy atom. The van der Waals surface area contributed by atoms with Gasteiger partial charge in [-0.2, -0.15) is 0 Å². The second-order valence-corrected chi connectivity index (χ2v) is 3.29. The molecule has 1 N–H and O–H groups in total. The third-order valence-corrected chi connectivity index (χ3v) is 1.98. The van der Waals surface area contributed by atoms with E-state index in [1.165, 1.54) is 5.56 Å². The minimum atomic E-state index is -0.127. The van der Waals surface area contributed by atoms with Crippen LogP contribution in [0.15, 0.2) is 36.4 Å². The first-order valence-corrected chi connectivity index (χ1v) is 5.69. The predicted molar refractivity (Wildman–Crippen MR) is 70.6 cm³/mol. The number of hydrogen-bond donors (Lipinski definition) is 1. The van der Waals surface area contributed by atoms with Crippen molar-refractivity contribution in [2.45, 2.75) is 34.1 Å². The molecular formula is C14H21NO. The van der Waals surface area contributed by atoms with Gasteiger partial charge in [-0.15, -0.1) is 0 Å². The maximum absolute atomic E-state index is 11.3. The van der Waals surface area contributed by atoms with Crippen molar-refractivity contribution in [1.82, 2.24) is 0 Å². The maximum Gasteiger partial charge on any atom is 0.250 e. The molecule has 1 amide bonds. The molecule has 1 rings (SSSR count). The number of benzene rings is 1. The van der Waals surface area contributed by atoms with E-state index >= 15 is 0 Å². The second kappa shape index (κ2) is 7.69. The molecule has 0 radical (unpaired) electrons. The van der Waals surface area contributed by atoms with Crippen molar-refractivity contribution in [3.8, 4) is 0 Å². The van der Waals surface area contributed by atoms with E-state index in [1.807, 2.05) is 38.1 Å². The highest BCUT2D eigenvalue weighted by molar-refractivity contribution is 6.02. The maximum atomic E-state index is 11.3. The van der Waals surface area contributed by atoms with E-state index in [1.54, 1.807) is 6.92 Å². The first kappa shape index (κ1) is 14.4. The summed E-state index contributed by atoms with van der Waals surface area (Å²) in [6.45, 7) is 11.4. The summed E-state index contributed by atoms with van der Waals surface area (Å²) in [6, 6.07) is 7.82. The van der Waals surface area contributed by atoms with Gasteiger partial charge in [-0.25, -0.2) is 0 Å². The summed E-state index contributed by atoms with van der Waals surface area (Å²) < 4.78 is 0. The molecule has 1 aromatic rings. The average Bonchev–Trinajstić information content (AvgIpc) is 2.31. The molecule has 88 valence electrons. The molecule has 0 aromatic heterocycles. The van der Waals surface area contributed by atoms with E-state index in [-0.39, 0.29) is 5.91 Å². The molecular weight excluding hydrogens is 198 g/mol. The van der Waals surface area contributed by atoms with Gasteiger partial charge in [0.1, 0.15) is 0 Å². The zero-order chi connectivity index (χ0) is 12.6. The molecule has 16 heavy (non-hydrogen) atoms. The quantitative estimate of drug-likeness (QED) is 0.770. The van der Waals surface area contributed by atoms with Crippen LogP contribution in [0.1, 0.15) is 33.3 Å². The minimum Gasteiger partial charge on any atom is -0.322 e. The van der Waals surface area contributed by atoms with Gasteiger partial charge in [0.05, 0.1) is 0 Å². The molecule has 0 aliphatic carbocycles. The zero-order valence-corrected chi connectivity index (χ0v) is 10.6. The first-order valence-electron chi connectivity index (χ1n) is 5.69. The van der Waals surface area contributed by atoms with Crippen LogP contribution in [0.3, 0.4) is 0 Å². The fourth-order valence-electron chi connectivity index (χ4n) is 1.11. The Morgan fingerprint density at radius 1 is 1.38 bits per heavy atom.